The Labute approximate surface area is 96.7 Å². The highest BCUT2D eigenvalue weighted by molar-refractivity contribution is 7.91. The monoisotopic (exact) mass is 243 g/mol. The zero-order valence-electron chi connectivity index (χ0n) is 9.40. The molecule has 90 valence electrons. The van der Waals surface area contributed by atoms with Gasteiger partial charge < -0.3 is 5.32 Å². The Kier molecular flexibility index (Phi) is 4.36. The van der Waals surface area contributed by atoms with E-state index in [0.29, 0.717) is 12.8 Å². The van der Waals surface area contributed by atoms with Gasteiger partial charge in [0, 0.05) is 18.9 Å². The van der Waals surface area contributed by atoms with E-state index in [1.165, 1.54) is 0 Å². The maximum Gasteiger partial charge on any atom is 0.220 e. The lowest BCUT2D eigenvalue weighted by Gasteiger charge is -2.12. The van der Waals surface area contributed by atoms with Crippen LogP contribution in [0.2, 0.25) is 0 Å². The molecule has 2 unspecified atom stereocenters. The summed E-state index contributed by atoms with van der Waals surface area (Å²) in [5.74, 6) is 2.69. The van der Waals surface area contributed by atoms with Crippen LogP contribution in [0.4, 0.5) is 0 Å². The molecule has 1 aliphatic heterocycles. The normalized spacial score (nSPS) is 24.6. The maximum atomic E-state index is 11.5. The van der Waals surface area contributed by atoms with Gasteiger partial charge in [-0.05, 0) is 19.3 Å². The summed E-state index contributed by atoms with van der Waals surface area (Å²) in [6.45, 7) is 1.84. The molecular formula is C11H17NO3S. The van der Waals surface area contributed by atoms with Crippen molar-refractivity contribution >= 4 is 15.7 Å². The number of nitrogens with one attached hydrogen (secondary N) is 1. The first-order chi connectivity index (χ1) is 7.43. The third-order valence-corrected chi connectivity index (χ3v) is 4.47. The minimum absolute atomic E-state index is 0.0250. The van der Waals surface area contributed by atoms with Gasteiger partial charge in [-0.1, -0.05) is 0 Å². The topological polar surface area (TPSA) is 63.2 Å². The van der Waals surface area contributed by atoms with Crippen LogP contribution >= 0.6 is 0 Å². The molecule has 0 aromatic heterocycles. The molecule has 4 nitrogen and oxygen atoms in total. The molecule has 1 saturated heterocycles. The highest BCUT2D eigenvalue weighted by Gasteiger charge is 2.29. The van der Waals surface area contributed by atoms with Crippen LogP contribution in [-0.4, -0.2) is 31.9 Å². The van der Waals surface area contributed by atoms with Crippen molar-refractivity contribution in [2.75, 3.05) is 11.5 Å². The van der Waals surface area contributed by atoms with E-state index in [1.54, 1.807) is 0 Å². The third kappa shape index (κ3) is 4.23. The molecule has 1 heterocycles. The highest BCUT2D eigenvalue weighted by Crippen LogP contribution is 2.21. The molecule has 16 heavy (non-hydrogen) atoms. The molecule has 0 saturated carbocycles. The second kappa shape index (κ2) is 5.35. The molecule has 1 rings (SSSR count). The van der Waals surface area contributed by atoms with Gasteiger partial charge in [0.25, 0.3) is 0 Å². The zero-order valence-corrected chi connectivity index (χ0v) is 10.2. The van der Waals surface area contributed by atoms with Gasteiger partial charge in [-0.2, -0.15) is 0 Å². The van der Waals surface area contributed by atoms with Crippen LogP contribution in [0.1, 0.15) is 26.2 Å². The lowest BCUT2D eigenvalue weighted by molar-refractivity contribution is -0.122. The van der Waals surface area contributed by atoms with Crippen LogP contribution in [0.25, 0.3) is 0 Å². The van der Waals surface area contributed by atoms with Gasteiger partial charge in [0.15, 0.2) is 9.84 Å². The van der Waals surface area contributed by atoms with Gasteiger partial charge in [0.2, 0.25) is 5.91 Å². The minimum atomic E-state index is -2.89. The third-order valence-electron chi connectivity index (χ3n) is 2.63. The molecule has 1 aliphatic rings. The number of rotatable bonds is 4. The summed E-state index contributed by atoms with van der Waals surface area (Å²) < 4.78 is 22.4. The van der Waals surface area contributed by atoms with Crippen LogP contribution < -0.4 is 5.32 Å². The quantitative estimate of drug-likeness (QED) is 0.724. The number of hydrogen-bond acceptors (Lipinski definition) is 3. The van der Waals surface area contributed by atoms with Gasteiger partial charge in [-0.3, -0.25) is 4.79 Å². The molecule has 0 aliphatic carbocycles. The van der Waals surface area contributed by atoms with Crippen LogP contribution in [0.15, 0.2) is 0 Å². The predicted octanol–water partition coefficient (Wildman–Crippen LogP) is 0.339. The Morgan fingerprint density at radius 1 is 1.62 bits per heavy atom. The van der Waals surface area contributed by atoms with Crippen LogP contribution in [0.3, 0.4) is 0 Å². The fourth-order valence-corrected chi connectivity index (χ4v) is 3.72. The average molecular weight is 243 g/mol. The summed E-state index contributed by atoms with van der Waals surface area (Å²) in [4.78, 5) is 11.5. The summed E-state index contributed by atoms with van der Waals surface area (Å²) in [5, 5.41) is 2.76. The summed E-state index contributed by atoms with van der Waals surface area (Å²) in [5.41, 5.74) is 0. The lowest BCUT2D eigenvalue weighted by atomic mass is 10.0. The standard InChI is InChI=1S/C11H17NO3S/c1-3-4-9(2)12-11(13)7-10-5-6-16(14,15)8-10/h1,9-10H,4-8H2,2H3,(H,12,13). The summed E-state index contributed by atoms with van der Waals surface area (Å²) in [7, 11) is -2.89. The Morgan fingerprint density at radius 2 is 2.31 bits per heavy atom. The fraction of sp³-hybridized carbons (Fsp3) is 0.727. The molecule has 0 radical (unpaired) electrons. The average Bonchev–Trinajstić information content (AvgIpc) is 2.45. The second-order valence-corrected chi connectivity index (χ2v) is 6.58. The Bertz CT molecular complexity index is 394. The van der Waals surface area contributed by atoms with Crippen molar-refractivity contribution in [2.24, 2.45) is 5.92 Å². The lowest BCUT2D eigenvalue weighted by Crippen LogP contribution is -2.33. The number of sulfone groups is 1. The minimum Gasteiger partial charge on any atom is -0.353 e. The largest absolute Gasteiger partial charge is 0.353 e. The molecule has 0 spiro atoms. The Morgan fingerprint density at radius 3 is 2.81 bits per heavy atom. The molecule has 1 fully saturated rings. The van der Waals surface area contributed by atoms with Crippen LogP contribution in [0, 0.1) is 18.3 Å². The summed E-state index contributed by atoms with van der Waals surface area (Å²) in [6, 6.07) is -0.0458. The summed E-state index contributed by atoms with van der Waals surface area (Å²) >= 11 is 0. The van der Waals surface area contributed by atoms with E-state index in [9.17, 15) is 13.2 Å². The molecule has 0 aromatic rings. The van der Waals surface area contributed by atoms with Crippen LogP contribution in [0.5, 0.6) is 0 Å². The first-order valence-corrected chi connectivity index (χ1v) is 7.18. The van der Waals surface area contributed by atoms with Gasteiger partial charge in [0.05, 0.1) is 11.5 Å². The molecule has 0 aromatic carbocycles. The Hall–Kier alpha value is -1.02. The van der Waals surface area contributed by atoms with Crippen molar-refractivity contribution in [1.29, 1.82) is 0 Å². The first kappa shape index (κ1) is 13.0. The number of terminal acetylenes is 1. The predicted molar refractivity (Wildman–Crippen MR) is 62.4 cm³/mol. The zero-order chi connectivity index (χ0) is 12.2. The molecular weight excluding hydrogens is 226 g/mol. The number of carbonyl (C=O) groups excluding carboxylic acids is 1. The SMILES string of the molecule is C#CCC(C)NC(=O)CC1CCS(=O)(=O)C1. The molecule has 5 heteroatoms. The van der Waals surface area contributed by atoms with E-state index >= 15 is 0 Å². The second-order valence-electron chi connectivity index (χ2n) is 4.35. The Balaban J connectivity index is 2.34. The van der Waals surface area contributed by atoms with Gasteiger partial charge in [-0.25, -0.2) is 8.42 Å². The summed E-state index contributed by atoms with van der Waals surface area (Å²) in [6.07, 6.45) is 6.50. The van der Waals surface area contributed by atoms with Crippen molar-refractivity contribution in [3.05, 3.63) is 0 Å². The molecule has 2 atom stereocenters. The number of amides is 1. The molecule has 1 amide bonds. The van der Waals surface area contributed by atoms with E-state index in [1.807, 2.05) is 6.92 Å². The van der Waals surface area contributed by atoms with E-state index in [-0.39, 0.29) is 35.8 Å². The number of hydrogen-bond donors (Lipinski definition) is 1. The molecule has 0 bridgehead atoms. The fourth-order valence-electron chi connectivity index (χ4n) is 1.86. The van der Waals surface area contributed by atoms with E-state index < -0.39 is 9.84 Å². The van der Waals surface area contributed by atoms with E-state index in [2.05, 4.69) is 11.2 Å². The van der Waals surface area contributed by atoms with Crippen molar-refractivity contribution in [2.45, 2.75) is 32.2 Å². The smallest absolute Gasteiger partial charge is 0.220 e. The first-order valence-electron chi connectivity index (χ1n) is 5.36. The van der Waals surface area contributed by atoms with E-state index in [0.717, 1.165) is 0 Å². The van der Waals surface area contributed by atoms with Crippen LogP contribution in [-0.2, 0) is 14.6 Å². The van der Waals surface area contributed by atoms with Crippen molar-refractivity contribution in [1.82, 2.24) is 5.32 Å². The van der Waals surface area contributed by atoms with Gasteiger partial charge >= 0.3 is 0 Å². The van der Waals surface area contributed by atoms with Crippen molar-refractivity contribution < 1.29 is 13.2 Å². The number of carbonyl (C=O) groups is 1. The maximum absolute atomic E-state index is 11.5. The highest BCUT2D eigenvalue weighted by atomic mass is 32.2. The van der Waals surface area contributed by atoms with Gasteiger partial charge in [0.1, 0.15) is 0 Å². The van der Waals surface area contributed by atoms with Gasteiger partial charge in [-0.15, -0.1) is 12.3 Å². The van der Waals surface area contributed by atoms with E-state index in [4.69, 9.17) is 6.42 Å². The molecule has 1 N–H and O–H groups in total. The van der Waals surface area contributed by atoms with Crippen molar-refractivity contribution in [3.8, 4) is 12.3 Å². The van der Waals surface area contributed by atoms with Crippen molar-refractivity contribution in [3.63, 3.8) is 0 Å².